The number of hydroxylamine groups is 1. The molecule has 0 aromatic heterocycles. The van der Waals surface area contributed by atoms with Gasteiger partial charge in [-0.05, 0) is 44.0 Å². The molecule has 0 radical (unpaired) electrons. The SMILES string of the molecule is ONC(=N[C@H]1CN2CCC1CC2)c1c(F)cc(Cl)cc1Cl. The fourth-order valence-electron chi connectivity index (χ4n) is 3.16. The van der Waals surface area contributed by atoms with Crippen molar-refractivity contribution in [2.75, 3.05) is 19.6 Å². The highest BCUT2D eigenvalue weighted by Crippen LogP contribution is 2.31. The lowest BCUT2D eigenvalue weighted by molar-refractivity contribution is 0.0898. The summed E-state index contributed by atoms with van der Waals surface area (Å²) in [6.45, 7) is 3.02. The van der Waals surface area contributed by atoms with Crippen LogP contribution < -0.4 is 5.48 Å². The predicted molar refractivity (Wildman–Crippen MR) is 80.8 cm³/mol. The molecule has 4 rings (SSSR count). The molecule has 0 saturated carbocycles. The fourth-order valence-corrected chi connectivity index (χ4v) is 3.72. The van der Waals surface area contributed by atoms with Gasteiger partial charge < -0.3 is 4.90 Å². The number of halogens is 3. The highest BCUT2D eigenvalue weighted by atomic mass is 35.5. The van der Waals surface area contributed by atoms with Crippen molar-refractivity contribution < 1.29 is 9.60 Å². The number of rotatable bonds is 2. The Morgan fingerprint density at radius 3 is 2.57 bits per heavy atom. The molecule has 4 nitrogen and oxygen atoms in total. The molecular formula is C14H16Cl2FN3O. The van der Waals surface area contributed by atoms with Crippen LogP contribution in [0.1, 0.15) is 18.4 Å². The van der Waals surface area contributed by atoms with E-state index in [-0.39, 0.29) is 27.5 Å². The number of amidine groups is 1. The van der Waals surface area contributed by atoms with E-state index in [1.165, 1.54) is 6.07 Å². The van der Waals surface area contributed by atoms with Gasteiger partial charge in [-0.3, -0.25) is 15.7 Å². The minimum absolute atomic E-state index is 0.0493. The van der Waals surface area contributed by atoms with Crippen molar-refractivity contribution in [3.8, 4) is 0 Å². The quantitative estimate of drug-likeness (QED) is 0.497. The third-order valence-electron chi connectivity index (χ3n) is 4.27. The third kappa shape index (κ3) is 3.01. The topological polar surface area (TPSA) is 47.9 Å². The lowest BCUT2D eigenvalue weighted by Gasteiger charge is -2.43. The number of nitrogens with zero attached hydrogens (tertiary/aromatic N) is 2. The van der Waals surface area contributed by atoms with Gasteiger partial charge in [0, 0.05) is 11.6 Å². The summed E-state index contributed by atoms with van der Waals surface area (Å²) >= 11 is 11.8. The first-order valence-corrected chi connectivity index (χ1v) is 7.69. The largest absolute Gasteiger partial charge is 0.301 e. The Labute approximate surface area is 132 Å². The van der Waals surface area contributed by atoms with Crippen LogP contribution in [-0.4, -0.2) is 41.6 Å². The van der Waals surface area contributed by atoms with E-state index in [4.69, 9.17) is 23.2 Å². The predicted octanol–water partition coefficient (Wildman–Crippen LogP) is 2.95. The number of hydrogen-bond acceptors (Lipinski definition) is 3. The van der Waals surface area contributed by atoms with Crippen LogP contribution in [0.5, 0.6) is 0 Å². The number of piperidine rings is 3. The minimum atomic E-state index is -0.603. The van der Waals surface area contributed by atoms with Gasteiger partial charge in [-0.15, -0.1) is 0 Å². The molecule has 21 heavy (non-hydrogen) atoms. The molecule has 0 unspecified atom stereocenters. The Bertz CT molecular complexity index is 550. The van der Waals surface area contributed by atoms with E-state index in [1.807, 2.05) is 5.48 Å². The molecule has 3 saturated heterocycles. The smallest absolute Gasteiger partial charge is 0.157 e. The third-order valence-corrected chi connectivity index (χ3v) is 4.78. The monoisotopic (exact) mass is 331 g/mol. The van der Waals surface area contributed by atoms with Crippen LogP contribution in [0.3, 0.4) is 0 Å². The summed E-state index contributed by atoms with van der Waals surface area (Å²) in [6, 6.07) is 2.64. The van der Waals surface area contributed by atoms with Gasteiger partial charge in [-0.1, -0.05) is 23.2 Å². The maximum atomic E-state index is 14.1. The normalized spacial score (nSPS) is 28.8. The number of fused-ring (bicyclic) bond motifs is 3. The van der Waals surface area contributed by atoms with Crippen LogP contribution in [-0.2, 0) is 0 Å². The van der Waals surface area contributed by atoms with Crippen molar-refractivity contribution in [1.29, 1.82) is 0 Å². The number of benzene rings is 1. The summed E-state index contributed by atoms with van der Waals surface area (Å²) < 4.78 is 14.1. The Morgan fingerprint density at radius 1 is 1.33 bits per heavy atom. The molecule has 1 aromatic carbocycles. The highest BCUT2D eigenvalue weighted by Gasteiger charge is 2.34. The van der Waals surface area contributed by atoms with E-state index in [2.05, 4.69) is 9.89 Å². The first-order valence-electron chi connectivity index (χ1n) is 6.93. The average molecular weight is 332 g/mol. The average Bonchev–Trinajstić information content (AvgIpc) is 2.46. The van der Waals surface area contributed by atoms with E-state index in [9.17, 15) is 9.60 Å². The zero-order chi connectivity index (χ0) is 15.0. The summed E-state index contributed by atoms with van der Waals surface area (Å²) in [6.07, 6.45) is 2.17. The molecule has 2 bridgehead atoms. The molecule has 3 fully saturated rings. The maximum Gasteiger partial charge on any atom is 0.157 e. The molecular weight excluding hydrogens is 316 g/mol. The lowest BCUT2D eigenvalue weighted by atomic mass is 9.84. The lowest BCUT2D eigenvalue weighted by Crippen LogP contribution is -2.50. The van der Waals surface area contributed by atoms with Gasteiger partial charge in [0.2, 0.25) is 0 Å². The number of nitrogens with one attached hydrogen (secondary N) is 1. The molecule has 2 N–H and O–H groups in total. The highest BCUT2D eigenvalue weighted by molar-refractivity contribution is 6.37. The van der Waals surface area contributed by atoms with Crippen LogP contribution in [0.4, 0.5) is 4.39 Å². The van der Waals surface area contributed by atoms with Crippen molar-refractivity contribution >= 4 is 29.0 Å². The van der Waals surface area contributed by atoms with E-state index >= 15 is 0 Å². The second-order valence-corrected chi connectivity index (χ2v) is 6.38. The zero-order valence-electron chi connectivity index (χ0n) is 11.3. The summed E-state index contributed by atoms with van der Waals surface area (Å²) in [5.41, 5.74) is 2.05. The summed E-state index contributed by atoms with van der Waals surface area (Å²) in [4.78, 5) is 6.84. The van der Waals surface area contributed by atoms with Crippen LogP contribution >= 0.6 is 23.2 Å². The van der Waals surface area contributed by atoms with E-state index in [0.29, 0.717) is 5.92 Å². The molecule has 3 aliphatic rings. The van der Waals surface area contributed by atoms with Gasteiger partial charge in [0.1, 0.15) is 5.82 Å². The Balaban J connectivity index is 1.93. The summed E-state index contributed by atoms with van der Waals surface area (Å²) in [7, 11) is 0. The van der Waals surface area contributed by atoms with Gasteiger partial charge in [0.25, 0.3) is 0 Å². The van der Waals surface area contributed by atoms with E-state index < -0.39 is 5.82 Å². The molecule has 3 aliphatic heterocycles. The molecule has 7 heteroatoms. The second kappa shape index (κ2) is 6.08. The van der Waals surface area contributed by atoms with Gasteiger partial charge in [-0.2, -0.15) is 0 Å². The molecule has 114 valence electrons. The van der Waals surface area contributed by atoms with E-state index in [1.54, 1.807) is 0 Å². The van der Waals surface area contributed by atoms with Crippen molar-refractivity contribution in [3.63, 3.8) is 0 Å². The Morgan fingerprint density at radius 2 is 2.05 bits per heavy atom. The molecule has 0 aliphatic carbocycles. The minimum Gasteiger partial charge on any atom is -0.301 e. The molecule has 1 atom stereocenters. The van der Waals surface area contributed by atoms with Crippen molar-refractivity contribution in [2.24, 2.45) is 10.9 Å². The Hall–Kier alpha value is -0.880. The van der Waals surface area contributed by atoms with Crippen molar-refractivity contribution in [3.05, 3.63) is 33.6 Å². The van der Waals surface area contributed by atoms with Gasteiger partial charge >= 0.3 is 0 Å². The van der Waals surface area contributed by atoms with Crippen molar-refractivity contribution in [1.82, 2.24) is 10.4 Å². The Kier molecular flexibility index (Phi) is 4.36. The second-order valence-electron chi connectivity index (χ2n) is 5.54. The number of aliphatic imine (C=N–C) groups is 1. The molecule has 3 heterocycles. The van der Waals surface area contributed by atoms with Crippen LogP contribution in [0.15, 0.2) is 17.1 Å². The molecule has 0 spiro atoms. The summed E-state index contributed by atoms with van der Waals surface area (Å²) in [5, 5.41) is 9.68. The fraction of sp³-hybridized carbons (Fsp3) is 0.500. The standard InChI is InChI=1S/C14H16Cl2FN3O/c15-9-5-10(16)13(11(17)6-9)14(19-21)18-12-7-20-3-1-8(12)2-4-20/h5-6,8,12,21H,1-4,7H2,(H,18,19)/t12-/m0/s1. The van der Waals surface area contributed by atoms with E-state index in [0.717, 1.165) is 38.5 Å². The van der Waals surface area contributed by atoms with Crippen molar-refractivity contribution in [2.45, 2.75) is 18.9 Å². The molecule has 0 amide bonds. The van der Waals surface area contributed by atoms with Gasteiger partial charge in [0.15, 0.2) is 5.84 Å². The number of hydrogen-bond donors (Lipinski definition) is 2. The molecule has 1 aromatic rings. The first kappa shape index (κ1) is 15.0. The van der Waals surface area contributed by atoms with Gasteiger partial charge in [0.05, 0.1) is 16.6 Å². The maximum absolute atomic E-state index is 14.1. The first-order chi connectivity index (χ1) is 10.1. The van der Waals surface area contributed by atoms with Gasteiger partial charge in [-0.25, -0.2) is 4.39 Å². The summed E-state index contributed by atoms with van der Waals surface area (Å²) in [5.74, 6) is -0.0607. The van der Waals surface area contributed by atoms with Crippen LogP contribution in [0.2, 0.25) is 10.0 Å². The van der Waals surface area contributed by atoms with Crippen LogP contribution in [0, 0.1) is 11.7 Å². The zero-order valence-corrected chi connectivity index (χ0v) is 12.8. The van der Waals surface area contributed by atoms with Crippen LogP contribution in [0.25, 0.3) is 0 Å².